The number of halogens is 1. The molecule has 0 aromatic carbocycles. The van der Waals surface area contributed by atoms with Crippen LogP contribution in [0.1, 0.15) is 36.9 Å². The molecule has 0 atom stereocenters. The van der Waals surface area contributed by atoms with Crippen LogP contribution in [0.2, 0.25) is 0 Å². The van der Waals surface area contributed by atoms with Crippen molar-refractivity contribution in [2.45, 2.75) is 32.1 Å². The topological polar surface area (TPSA) is 70.7 Å². The molecule has 1 saturated heterocycles. The number of hydrogen-bond donors (Lipinski definition) is 1. The van der Waals surface area contributed by atoms with Crippen LogP contribution in [-0.4, -0.2) is 37.3 Å². The fourth-order valence-corrected chi connectivity index (χ4v) is 3.55. The molecule has 3 rings (SSSR count). The number of aromatic hydroxyl groups is 1. The molecule has 1 aromatic heterocycles. The van der Waals surface area contributed by atoms with Gasteiger partial charge in [0, 0.05) is 0 Å². The fraction of sp³-hybridized carbons (Fsp3) is 0.769. The first-order valence-corrected chi connectivity index (χ1v) is 8.49. The van der Waals surface area contributed by atoms with Crippen LogP contribution >= 0.6 is 22.6 Å². The Labute approximate surface area is 136 Å². The van der Waals surface area contributed by atoms with Gasteiger partial charge >= 0.3 is 15.6 Å². The molecule has 0 spiro atoms. The molecule has 7 nitrogen and oxygen atoms in total. The molecule has 1 aromatic rings. The molecule has 1 saturated carbocycles. The first-order chi connectivity index (χ1) is 10.2. The summed E-state index contributed by atoms with van der Waals surface area (Å²) >= 11 is 2.00. The van der Waals surface area contributed by atoms with E-state index in [-0.39, 0.29) is 17.8 Å². The third kappa shape index (κ3) is 3.01. The van der Waals surface area contributed by atoms with Crippen molar-refractivity contribution in [3.05, 3.63) is 3.70 Å². The van der Waals surface area contributed by atoms with Crippen LogP contribution in [0.25, 0.3) is 0 Å². The summed E-state index contributed by atoms with van der Waals surface area (Å²) in [6.45, 7) is 2.54. The molecule has 0 unspecified atom stereocenters. The molecule has 8 heteroatoms. The van der Waals surface area contributed by atoms with Crippen molar-refractivity contribution in [1.29, 1.82) is 0 Å². The van der Waals surface area contributed by atoms with E-state index in [1.807, 2.05) is 27.6 Å². The van der Waals surface area contributed by atoms with Gasteiger partial charge in [0.15, 0.2) is 13.1 Å². The molecule has 2 fully saturated rings. The van der Waals surface area contributed by atoms with Crippen molar-refractivity contribution in [3.63, 3.8) is 0 Å². The summed E-state index contributed by atoms with van der Waals surface area (Å²) < 4.78 is 11.2. The number of carbonyl (C=O) groups is 1. The van der Waals surface area contributed by atoms with Gasteiger partial charge in [-0.25, -0.2) is 4.79 Å². The van der Waals surface area contributed by atoms with Crippen LogP contribution in [0.4, 0.5) is 0 Å². The van der Waals surface area contributed by atoms with Gasteiger partial charge in [-0.3, -0.25) is 0 Å². The Kier molecular flexibility index (Phi) is 4.63. The summed E-state index contributed by atoms with van der Waals surface area (Å²) in [6.07, 6.45) is 5.15. The second-order valence-corrected chi connectivity index (χ2v) is 6.51. The van der Waals surface area contributed by atoms with Gasteiger partial charge in [0.25, 0.3) is 0 Å². The Hall–Kier alpha value is -0.900. The normalized spacial score (nSPS) is 20.7. The summed E-state index contributed by atoms with van der Waals surface area (Å²) in [7, 11) is 0. The first kappa shape index (κ1) is 15.0. The highest BCUT2D eigenvalue weighted by Crippen LogP contribution is 2.24. The summed E-state index contributed by atoms with van der Waals surface area (Å²) in [5.41, 5.74) is 0. The van der Waals surface area contributed by atoms with Gasteiger partial charge in [-0.1, -0.05) is 19.3 Å². The van der Waals surface area contributed by atoms with Gasteiger partial charge in [-0.05, 0) is 17.9 Å². The highest BCUT2D eigenvalue weighted by atomic mass is 127. The molecule has 0 bridgehead atoms. The van der Waals surface area contributed by atoms with Crippen LogP contribution < -0.4 is 14.7 Å². The standard InChI is InChI=1S/C13H19IN3O4/c14-11-13(19)21-17(12(18)10-4-2-1-3-5-10)16(11)15-6-8-20-9-7-15/h10H,1-9H2/q+1/p+1. The summed E-state index contributed by atoms with van der Waals surface area (Å²) in [4.78, 5) is 15.6. The smallest absolute Gasteiger partial charge is 0.428 e. The molecule has 1 aliphatic heterocycles. The predicted molar refractivity (Wildman–Crippen MR) is 79.5 cm³/mol. The van der Waals surface area contributed by atoms with Crippen LogP contribution in [0.3, 0.4) is 0 Å². The quantitative estimate of drug-likeness (QED) is 0.564. The van der Waals surface area contributed by atoms with Gasteiger partial charge < -0.3 is 9.84 Å². The second-order valence-electron chi connectivity index (χ2n) is 5.49. The molecule has 2 heterocycles. The SMILES string of the molecule is O=C(C1CCCCC1)[n+]1oc(O)c(I)[n+]1N1CCOCC1. The molecule has 1 aliphatic carbocycles. The fourth-order valence-electron chi connectivity index (χ4n) is 2.95. The van der Waals surface area contributed by atoms with Crippen LogP contribution in [0.15, 0.2) is 4.52 Å². The average molecular weight is 409 g/mol. The van der Waals surface area contributed by atoms with Gasteiger partial charge in [0.2, 0.25) is 9.65 Å². The minimum atomic E-state index is -0.216. The third-order valence-electron chi connectivity index (χ3n) is 4.10. The highest BCUT2D eigenvalue weighted by Gasteiger charge is 2.46. The highest BCUT2D eigenvalue weighted by molar-refractivity contribution is 14.1. The minimum absolute atomic E-state index is 0.0163. The third-order valence-corrected chi connectivity index (χ3v) is 4.99. The van der Waals surface area contributed by atoms with Gasteiger partial charge in [0.1, 0.15) is 0 Å². The second kappa shape index (κ2) is 6.47. The van der Waals surface area contributed by atoms with Gasteiger partial charge in [0.05, 0.1) is 41.7 Å². The van der Waals surface area contributed by atoms with Crippen molar-refractivity contribution in [1.82, 2.24) is 0 Å². The first-order valence-electron chi connectivity index (χ1n) is 7.42. The zero-order valence-electron chi connectivity index (χ0n) is 11.8. The summed E-state index contributed by atoms with van der Waals surface area (Å²) in [6, 6.07) is 0. The molecule has 116 valence electrons. The minimum Gasteiger partial charge on any atom is -0.472 e. The maximum atomic E-state index is 12.7. The van der Waals surface area contributed by atoms with E-state index < -0.39 is 0 Å². The molecule has 1 N–H and O–H groups in total. The Morgan fingerprint density at radius 2 is 1.90 bits per heavy atom. The number of rotatable bonds is 2. The molecule has 21 heavy (non-hydrogen) atoms. The Morgan fingerprint density at radius 1 is 1.24 bits per heavy atom. The lowest BCUT2D eigenvalue weighted by atomic mass is 9.89. The van der Waals surface area contributed by atoms with Crippen molar-refractivity contribution < 1.29 is 28.8 Å². The lowest BCUT2D eigenvalue weighted by molar-refractivity contribution is -1.27. The van der Waals surface area contributed by atoms with E-state index in [0.717, 1.165) is 25.7 Å². The van der Waals surface area contributed by atoms with E-state index >= 15 is 0 Å². The maximum absolute atomic E-state index is 12.7. The molecular formula is C13H20IN3O4+2. The number of morpholine rings is 1. The monoisotopic (exact) mass is 409 g/mol. The van der Waals surface area contributed by atoms with Crippen LogP contribution in [0.5, 0.6) is 5.95 Å². The summed E-state index contributed by atoms with van der Waals surface area (Å²) in [5.74, 6) is -0.303. The van der Waals surface area contributed by atoms with Crippen molar-refractivity contribution >= 4 is 28.5 Å². The average Bonchev–Trinajstić information content (AvgIpc) is 2.84. The van der Waals surface area contributed by atoms with Crippen molar-refractivity contribution in [2.24, 2.45) is 5.92 Å². The molecule has 0 amide bonds. The Bertz CT molecular complexity index is 522. The van der Waals surface area contributed by atoms with Gasteiger partial charge in [-0.15, -0.1) is 0 Å². The zero-order valence-corrected chi connectivity index (χ0v) is 14.0. The van der Waals surface area contributed by atoms with Crippen LogP contribution in [-0.2, 0) is 4.74 Å². The maximum Gasteiger partial charge on any atom is 0.428 e. The van der Waals surface area contributed by atoms with E-state index in [1.165, 1.54) is 11.3 Å². The van der Waals surface area contributed by atoms with E-state index in [0.29, 0.717) is 30.0 Å². The van der Waals surface area contributed by atoms with E-state index in [2.05, 4.69) is 0 Å². The lowest BCUT2D eigenvalue weighted by Gasteiger charge is -2.17. The number of carbonyl (C=O) groups excluding carboxylic acids is 1. The molecular weight excluding hydrogens is 389 g/mol. The van der Waals surface area contributed by atoms with E-state index in [9.17, 15) is 9.90 Å². The van der Waals surface area contributed by atoms with E-state index in [4.69, 9.17) is 9.26 Å². The Balaban J connectivity index is 1.90. The van der Waals surface area contributed by atoms with Crippen molar-refractivity contribution in [3.8, 4) is 5.95 Å². The molecule has 2 aliphatic rings. The largest absolute Gasteiger partial charge is 0.472 e. The zero-order chi connectivity index (χ0) is 14.8. The number of aromatic nitrogens is 2. The number of ether oxygens (including phenoxy) is 1. The Morgan fingerprint density at radius 3 is 2.57 bits per heavy atom. The number of hydrogen-bond acceptors (Lipinski definition) is 5. The summed E-state index contributed by atoms with van der Waals surface area (Å²) in [5, 5.41) is 11.8. The van der Waals surface area contributed by atoms with Gasteiger partial charge in [-0.2, -0.15) is 4.52 Å². The van der Waals surface area contributed by atoms with E-state index in [1.54, 1.807) is 4.79 Å². The van der Waals surface area contributed by atoms with Crippen molar-refractivity contribution in [2.75, 3.05) is 31.3 Å². The number of nitrogens with zero attached hydrogens (tertiary/aromatic N) is 3. The molecule has 0 radical (unpaired) electrons. The lowest BCUT2D eigenvalue weighted by Crippen LogP contribution is -2.81. The predicted octanol–water partition coefficient (Wildman–Crippen LogP) is 0.353. The van der Waals surface area contributed by atoms with Crippen LogP contribution in [0, 0.1) is 9.62 Å².